The van der Waals surface area contributed by atoms with Crippen molar-refractivity contribution in [3.8, 4) is 11.5 Å². The van der Waals surface area contributed by atoms with Crippen molar-refractivity contribution in [3.05, 3.63) is 23.8 Å². The van der Waals surface area contributed by atoms with Crippen LogP contribution >= 0.6 is 11.8 Å². The summed E-state index contributed by atoms with van der Waals surface area (Å²) in [6.45, 7) is 5.62. The van der Waals surface area contributed by atoms with Gasteiger partial charge in [-0.15, -0.1) is 10.2 Å². The van der Waals surface area contributed by atoms with E-state index >= 15 is 0 Å². The number of fused-ring (bicyclic) bond motifs is 3. The van der Waals surface area contributed by atoms with Crippen molar-refractivity contribution in [2.24, 2.45) is 0 Å². The number of carbonyl (C=O) groups excluding carboxylic acids is 1. The monoisotopic (exact) mass is 375 g/mol. The van der Waals surface area contributed by atoms with Crippen LogP contribution in [-0.2, 0) is 9.53 Å². The number of hydrogen-bond acceptors (Lipinski definition) is 7. The Bertz CT molecular complexity index is 968. The SMILES string of the molecule is COc1cc2cc(C)c3nnc(SCC(=O)OC(C)C)n3c2cc1OC. The number of aryl methyl sites for hydroxylation is 1. The van der Waals surface area contributed by atoms with Crippen molar-refractivity contribution in [1.29, 1.82) is 0 Å². The first kappa shape index (κ1) is 18.3. The number of rotatable bonds is 6. The predicted octanol–water partition coefficient (Wildman–Crippen LogP) is 3.25. The van der Waals surface area contributed by atoms with Gasteiger partial charge in [-0.3, -0.25) is 9.20 Å². The summed E-state index contributed by atoms with van der Waals surface area (Å²) in [5, 5.41) is 10.1. The highest BCUT2D eigenvalue weighted by atomic mass is 32.2. The summed E-state index contributed by atoms with van der Waals surface area (Å²) in [7, 11) is 3.20. The highest BCUT2D eigenvalue weighted by Crippen LogP contribution is 2.34. The maximum Gasteiger partial charge on any atom is 0.316 e. The van der Waals surface area contributed by atoms with Crippen molar-refractivity contribution < 1.29 is 19.0 Å². The highest BCUT2D eigenvalue weighted by Gasteiger charge is 2.17. The molecule has 0 unspecified atom stereocenters. The van der Waals surface area contributed by atoms with Gasteiger partial charge in [-0.1, -0.05) is 11.8 Å². The van der Waals surface area contributed by atoms with Crippen LogP contribution < -0.4 is 9.47 Å². The summed E-state index contributed by atoms with van der Waals surface area (Å²) in [6, 6.07) is 5.84. The topological polar surface area (TPSA) is 75.0 Å². The lowest BCUT2D eigenvalue weighted by Gasteiger charge is -2.12. The molecule has 7 nitrogen and oxygen atoms in total. The summed E-state index contributed by atoms with van der Waals surface area (Å²) in [4.78, 5) is 11.9. The molecule has 0 fully saturated rings. The second-order valence-electron chi connectivity index (χ2n) is 6.06. The van der Waals surface area contributed by atoms with E-state index in [1.807, 2.05) is 43.4 Å². The number of benzene rings is 1. The zero-order valence-corrected chi connectivity index (χ0v) is 16.2. The molecule has 0 saturated heterocycles. The van der Waals surface area contributed by atoms with E-state index in [0.717, 1.165) is 22.1 Å². The Morgan fingerprint density at radius 1 is 1.15 bits per heavy atom. The first-order chi connectivity index (χ1) is 12.4. The van der Waals surface area contributed by atoms with Crippen molar-refractivity contribution in [1.82, 2.24) is 14.6 Å². The summed E-state index contributed by atoms with van der Waals surface area (Å²) >= 11 is 1.30. The fourth-order valence-corrected chi connectivity index (χ4v) is 3.47. The fourth-order valence-electron chi connectivity index (χ4n) is 2.75. The number of ether oxygens (including phenoxy) is 3. The van der Waals surface area contributed by atoms with E-state index in [-0.39, 0.29) is 17.8 Å². The first-order valence-corrected chi connectivity index (χ1v) is 9.16. The molecule has 3 rings (SSSR count). The lowest BCUT2D eigenvalue weighted by molar-refractivity contribution is -0.144. The Hall–Kier alpha value is -2.48. The molecule has 2 aromatic heterocycles. The van der Waals surface area contributed by atoms with Crippen LogP contribution in [0.5, 0.6) is 11.5 Å². The number of nitrogens with zero attached hydrogens (tertiary/aromatic N) is 3. The Balaban J connectivity index is 2.09. The zero-order valence-electron chi connectivity index (χ0n) is 15.4. The van der Waals surface area contributed by atoms with E-state index < -0.39 is 0 Å². The van der Waals surface area contributed by atoms with Gasteiger partial charge in [0.2, 0.25) is 0 Å². The molecule has 1 aromatic carbocycles. The molecule has 0 aliphatic heterocycles. The Labute approximate surface area is 155 Å². The Morgan fingerprint density at radius 3 is 2.50 bits per heavy atom. The van der Waals surface area contributed by atoms with E-state index in [0.29, 0.717) is 16.7 Å². The lowest BCUT2D eigenvalue weighted by atomic mass is 10.1. The molecular weight excluding hydrogens is 354 g/mol. The van der Waals surface area contributed by atoms with Crippen LogP contribution in [-0.4, -0.2) is 46.6 Å². The molecule has 2 heterocycles. The molecule has 0 aliphatic rings. The van der Waals surface area contributed by atoms with Gasteiger partial charge in [0, 0.05) is 11.5 Å². The summed E-state index contributed by atoms with van der Waals surface area (Å²) in [6.07, 6.45) is -0.141. The van der Waals surface area contributed by atoms with Gasteiger partial charge < -0.3 is 14.2 Å². The van der Waals surface area contributed by atoms with E-state index in [2.05, 4.69) is 10.2 Å². The van der Waals surface area contributed by atoms with E-state index in [4.69, 9.17) is 14.2 Å². The molecule has 26 heavy (non-hydrogen) atoms. The fraction of sp³-hybridized carbons (Fsp3) is 0.389. The van der Waals surface area contributed by atoms with E-state index in [1.54, 1.807) is 14.2 Å². The van der Waals surface area contributed by atoms with Gasteiger partial charge in [-0.25, -0.2) is 0 Å². The van der Waals surface area contributed by atoms with Gasteiger partial charge in [0.15, 0.2) is 22.3 Å². The molecule has 0 amide bonds. The smallest absolute Gasteiger partial charge is 0.316 e. The largest absolute Gasteiger partial charge is 0.493 e. The molecule has 0 bridgehead atoms. The molecular formula is C18H21N3O4S. The van der Waals surface area contributed by atoms with Gasteiger partial charge in [0.1, 0.15) is 0 Å². The van der Waals surface area contributed by atoms with Crippen LogP contribution in [0.3, 0.4) is 0 Å². The number of thioether (sulfide) groups is 1. The number of pyridine rings is 1. The van der Waals surface area contributed by atoms with Crippen molar-refractivity contribution in [2.75, 3.05) is 20.0 Å². The number of carbonyl (C=O) groups is 1. The number of hydrogen-bond donors (Lipinski definition) is 0. The van der Waals surface area contributed by atoms with Crippen molar-refractivity contribution in [2.45, 2.75) is 32.0 Å². The summed E-state index contributed by atoms with van der Waals surface area (Å²) < 4.78 is 17.9. The maximum absolute atomic E-state index is 11.9. The van der Waals surface area contributed by atoms with Crippen LogP contribution in [0.4, 0.5) is 0 Å². The van der Waals surface area contributed by atoms with Crippen LogP contribution in [0.1, 0.15) is 19.4 Å². The van der Waals surface area contributed by atoms with Crippen LogP contribution in [0.2, 0.25) is 0 Å². The zero-order chi connectivity index (χ0) is 18.8. The molecule has 138 valence electrons. The minimum Gasteiger partial charge on any atom is -0.493 e. The van der Waals surface area contributed by atoms with Gasteiger partial charge in [-0.2, -0.15) is 0 Å². The molecule has 0 radical (unpaired) electrons. The average molecular weight is 375 g/mol. The van der Waals surface area contributed by atoms with Crippen LogP contribution in [0.25, 0.3) is 16.6 Å². The Morgan fingerprint density at radius 2 is 1.85 bits per heavy atom. The third-order valence-corrected chi connectivity index (χ3v) is 4.72. The Kier molecular flexibility index (Phi) is 5.22. The number of methoxy groups -OCH3 is 2. The number of aromatic nitrogens is 3. The molecule has 0 saturated carbocycles. The summed E-state index contributed by atoms with van der Waals surface area (Å²) in [5.41, 5.74) is 2.60. The molecule has 0 atom stereocenters. The third kappa shape index (κ3) is 3.41. The second-order valence-corrected chi connectivity index (χ2v) is 7.00. The third-order valence-electron chi connectivity index (χ3n) is 3.82. The number of esters is 1. The standard InChI is InChI=1S/C18H21N3O4S/c1-10(2)25-16(22)9-26-18-20-19-17-11(3)6-12-7-14(23-4)15(24-5)8-13(12)21(17)18/h6-8,10H,9H2,1-5H3. The van der Waals surface area contributed by atoms with E-state index in [9.17, 15) is 4.79 Å². The molecule has 0 aliphatic carbocycles. The van der Waals surface area contributed by atoms with Gasteiger partial charge in [0.05, 0.1) is 31.6 Å². The normalized spacial score (nSPS) is 11.3. The van der Waals surface area contributed by atoms with E-state index in [1.165, 1.54) is 11.8 Å². The van der Waals surface area contributed by atoms with Crippen molar-refractivity contribution >= 4 is 34.3 Å². The molecule has 0 N–H and O–H groups in total. The highest BCUT2D eigenvalue weighted by molar-refractivity contribution is 7.99. The first-order valence-electron chi connectivity index (χ1n) is 8.17. The molecule has 8 heteroatoms. The van der Waals surface area contributed by atoms with Crippen molar-refractivity contribution in [3.63, 3.8) is 0 Å². The summed E-state index contributed by atoms with van der Waals surface area (Å²) in [5.74, 6) is 1.16. The van der Waals surface area contributed by atoms with Gasteiger partial charge in [0.25, 0.3) is 0 Å². The maximum atomic E-state index is 11.9. The molecule has 3 aromatic rings. The van der Waals surface area contributed by atoms with Crippen LogP contribution in [0.15, 0.2) is 23.4 Å². The van der Waals surface area contributed by atoms with Gasteiger partial charge in [-0.05, 0) is 38.5 Å². The minimum atomic E-state index is -0.280. The quantitative estimate of drug-likeness (QED) is 0.483. The predicted molar refractivity (Wildman–Crippen MR) is 100 cm³/mol. The average Bonchev–Trinajstić information content (AvgIpc) is 3.03. The minimum absolute atomic E-state index is 0.141. The second kappa shape index (κ2) is 7.41. The lowest BCUT2D eigenvalue weighted by Crippen LogP contribution is -2.13. The van der Waals surface area contributed by atoms with Crippen LogP contribution in [0, 0.1) is 6.92 Å². The molecule has 0 spiro atoms. The van der Waals surface area contributed by atoms with Gasteiger partial charge >= 0.3 is 5.97 Å².